The maximum atomic E-state index is 12.6. The van der Waals surface area contributed by atoms with Crippen molar-refractivity contribution < 1.29 is 9.59 Å². The number of piperazine rings is 1. The van der Waals surface area contributed by atoms with E-state index in [0.717, 1.165) is 19.6 Å². The third kappa shape index (κ3) is 2.57. The summed E-state index contributed by atoms with van der Waals surface area (Å²) < 4.78 is 0. The van der Waals surface area contributed by atoms with Gasteiger partial charge in [-0.2, -0.15) is 5.10 Å². The Morgan fingerprint density at radius 2 is 2.15 bits per heavy atom. The molecule has 2 atom stereocenters. The van der Waals surface area contributed by atoms with Crippen LogP contribution >= 0.6 is 0 Å². The smallest absolute Gasteiger partial charge is 0.270 e. The number of nitrogens with zero attached hydrogens (tertiary/aromatic N) is 3. The fraction of sp³-hybridized carbons (Fsp3) is 0.786. The Labute approximate surface area is 119 Å². The van der Waals surface area contributed by atoms with Crippen LogP contribution in [-0.2, 0) is 9.59 Å². The van der Waals surface area contributed by atoms with Crippen LogP contribution in [0.4, 0.5) is 0 Å². The predicted octanol–water partition coefficient (Wildman–Crippen LogP) is 0.338. The maximum Gasteiger partial charge on any atom is 0.270 e. The van der Waals surface area contributed by atoms with Gasteiger partial charge in [-0.15, -0.1) is 0 Å². The molecule has 0 aromatic rings. The molecule has 0 saturated carbocycles. The number of carbonyl (C=O) groups excluding carboxylic acids is 2. The van der Waals surface area contributed by atoms with Gasteiger partial charge in [-0.25, -0.2) is 5.43 Å². The van der Waals surface area contributed by atoms with E-state index in [1.165, 1.54) is 19.3 Å². The molecule has 0 spiro atoms. The van der Waals surface area contributed by atoms with Crippen LogP contribution in [-0.4, -0.2) is 59.0 Å². The van der Waals surface area contributed by atoms with Crippen molar-refractivity contribution in [1.29, 1.82) is 0 Å². The molecule has 20 heavy (non-hydrogen) atoms. The highest BCUT2D eigenvalue weighted by Gasteiger charge is 2.36. The topological polar surface area (TPSA) is 65.0 Å². The first-order chi connectivity index (χ1) is 9.65. The van der Waals surface area contributed by atoms with E-state index in [1.54, 1.807) is 0 Å². The number of fused-ring (bicyclic) bond motifs is 1. The molecule has 2 saturated heterocycles. The first-order valence-electron chi connectivity index (χ1n) is 7.55. The number of hydrogen-bond donors (Lipinski definition) is 1. The molecular formula is C14H22N4O2. The number of piperidine rings is 1. The molecular weight excluding hydrogens is 256 g/mol. The lowest BCUT2D eigenvalue weighted by Gasteiger charge is -2.47. The van der Waals surface area contributed by atoms with Gasteiger partial charge >= 0.3 is 0 Å². The van der Waals surface area contributed by atoms with E-state index in [1.807, 2.05) is 4.90 Å². The van der Waals surface area contributed by atoms with Gasteiger partial charge in [0, 0.05) is 38.0 Å². The Balaban J connectivity index is 1.69. The minimum Gasteiger partial charge on any atom is -0.332 e. The van der Waals surface area contributed by atoms with Crippen molar-refractivity contribution >= 4 is 17.5 Å². The monoisotopic (exact) mass is 278 g/mol. The summed E-state index contributed by atoms with van der Waals surface area (Å²) in [7, 11) is 0. The first kappa shape index (κ1) is 13.5. The second-order valence-corrected chi connectivity index (χ2v) is 6.04. The molecule has 1 N–H and O–H groups in total. The van der Waals surface area contributed by atoms with Crippen molar-refractivity contribution in [3.05, 3.63) is 0 Å². The normalized spacial score (nSPS) is 31.4. The van der Waals surface area contributed by atoms with Crippen molar-refractivity contribution in [2.45, 2.75) is 51.1 Å². The quantitative estimate of drug-likeness (QED) is 0.752. The zero-order chi connectivity index (χ0) is 14.1. The summed E-state index contributed by atoms with van der Waals surface area (Å²) in [5, 5.41) is 3.94. The zero-order valence-corrected chi connectivity index (χ0v) is 12.0. The summed E-state index contributed by atoms with van der Waals surface area (Å²) in [6, 6.07) is 0.722. The van der Waals surface area contributed by atoms with E-state index in [-0.39, 0.29) is 17.9 Å². The Morgan fingerprint density at radius 1 is 1.30 bits per heavy atom. The summed E-state index contributed by atoms with van der Waals surface area (Å²) >= 11 is 0. The molecule has 2 amide bonds. The highest BCUT2D eigenvalue weighted by Crippen LogP contribution is 2.24. The Hall–Kier alpha value is -1.43. The molecule has 3 aliphatic heterocycles. The highest BCUT2D eigenvalue weighted by atomic mass is 16.2. The lowest BCUT2D eigenvalue weighted by Crippen LogP contribution is -2.61. The van der Waals surface area contributed by atoms with Crippen molar-refractivity contribution in [2.75, 3.05) is 19.6 Å². The summed E-state index contributed by atoms with van der Waals surface area (Å²) in [4.78, 5) is 28.1. The number of nitrogens with one attached hydrogen (secondary N) is 1. The highest BCUT2D eigenvalue weighted by molar-refractivity contribution is 6.39. The first-order valence-corrected chi connectivity index (χ1v) is 7.55. The van der Waals surface area contributed by atoms with Crippen LogP contribution in [0.15, 0.2) is 5.10 Å². The van der Waals surface area contributed by atoms with Gasteiger partial charge in [-0.3, -0.25) is 14.5 Å². The van der Waals surface area contributed by atoms with Crippen LogP contribution in [0.25, 0.3) is 0 Å². The lowest BCUT2D eigenvalue weighted by molar-refractivity contribution is -0.131. The minimum atomic E-state index is -0.105. The van der Waals surface area contributed by atoms with Crippen molar-refractivity contribution in [1.82, 2.24) is 15.2 Å². The zero-order valence-electron chi connectivity index (χ0n) is 12.0. The molecule has 3 aliphatic rings. The molecule has 0 aromatic heterocycles. The molecule has 0 bridgehead atoms. The van der Waals surface area contributed by atoms with Crippen LogP contribution in [0.1, 0.15) is 39.0 Å². The van der Waals surface area contributed by atoms with Gasteiger partial charge in [0.2, 0.25) is 5.91 Å². The van der Waals surface area contributed by atoms with Gasteiger partial charge in [-0.05, 0) is 26.3 Å². The average molecular weight is 278 g/mol. The van der Waals surface area contributed by atoms with Crippen LogP contribution < -0.4 is 5.43 Å². The summed E-state index contributed by atoms with van der Waals surface area (Å²) in [5.41, 5.74) is 2.92. The second-order valence-electron chi connectivity index (χ2n) is 6.04. The van der Waals surface area contributed by atoms with E-state index in [9.17, 15) is 9.59 Å². The third-order valence-electron chi connectivity index (χ3n) is 4.60. The summed E-state index contributed by atoms with van der Waals surface area (Å²) in [6.07, 6.45) is 4.54. The van der Waals surface area contributed by atoms with E-state index in [4.69, 9.17) is 0 Å². The van der Waals surface area contributed by atoms with Crippen molar-refractivity contribution in [3.63, 3.8) is 0 Å². The largest absolute Gasteiger partial charge is 0.332 e. The fourth-order valence-corrected chi connectivity index (χ4v) is 3.43. The van der Waals surface area contributed by atoms with Crippen LogP contribution in [0.2, 0.25) is 0 Å². The number of carbonyl (C=O) groups is 2. The van der Waals surface area contributed by atoms with Crippen LogP contribution in [0.3, 0.4) is 0 Å². The van der Waals surface area contributed by atoms with Gasteiger partial charge in [-0.1, -0.05) is 6.42 Å². The molecule has 2 unspecified atom stereocenters. The van der Waals surface area contributed by atoms with E-state index < -0.39 is 0 Å². The van der Waals surface area contributed by atoms with Crippen molar-refractivity contribution in [3.8, 4) is 0 Å². The lowest BCUT2D eigenvalue weighted by atomic mass is 9.96. The second kappa shape index (κ2) is 5.52. The number of amides is 2. The molecule has 6 heteroatoms. The average Bonchev–Trinajstić information content (AvgIpc) is 2.46. The van der Waals surface area contributed by atoms with E-state index >= 15 is 0 Å². The van der Waals surface area contributed by atoms with Gasteiger partial charge in [0.1, 0.15) is 5.71 Å². The van der Waals surface area contributed by atoms with Gasteiger partial charge in [0.05, 0.1) is 0 Å². The summed E-state index contributed by atoms with van der Waals surface area (Å²) in [6.45, 7) is 5.02. The molecule has 3 rings (SSSR count). The molecule has 0 aliphatic carbocycles. The molecule has 6 nitrogen and oxygen atoms in total. The number of rotatable bonds is 1. The Morgan fingerprint density at radius 3 is 2.90 bits per heavy atom. The predicted molar refractivity (Wildman–Crippen MR) is 75.2 cm³/mol. The molecule has 110 valence electrons. The maximum absolute atomic E-state index is 12.6. The van der Waals surface area contributed by atoms with Crippen LogP contribution in [0.5, 0.6) is 0 Å². The van der Waals surface area contributed by atoms with Crippen LogP contribution in [0, 0.1) is 0 Å². The van der Waals surface area contributed by atoms with Gasteiger partial charge in [0.15, 0.2) is 0 Å². The van der Waals surface area contributed by atoms with Gasteiger partial charge < -0.3 is 4.90 Å². The Bertz CT molecular complexity index is 448. The third-order valence-corrected chi connectivity index (χ3v) is 4.60. The Kier molecular flexibility index (Phi) is 3.74. The van der Waals surface area contributed by atoms with E-state index in [0.29, 0.717) is 24.6 Å². The van der Waals surface area contributed by atoms with Gasteiger partial charge in [0.25, 0.3) is 5.91 Å². The van der Waals surface area contributed by atoms with E-state index in [2.05, 4.69) is 22.4 Å². The fourth-order valence-electron chi connectivity index (χ4n) is 3.43. The molecule has 0 radical (unpaired) electrons. The van der Waals surface area contributed by atoms with Crippen molar-refractivity contribution in [2.24, 2.45) is 5.10 Å². The standard InChI is InChI=1S/C14H22N4O2/c1-10-8-17-7-3-2-4-11(17)9-18(10)14(20)12-5-6-13(19)16-15-12/h10-11H,2-9H2,1H3,(H,16,19). The molecule has 3 heterocycles. The summed E-state index contributed by atoms with van der Waals surface area (Å²) in [5.74, 6) is -0.102. The minimum absolute atomic E-state index is 0.00252. The molecule has 0 aromatic carbocycles. The number of hydrazone groups is 1. The number of hydrogen-bond acceptors (Lipinski definition) is 4. The molecule has 2 fully saturated rings. The SMILES string of the molecule is CC1CN2CCCCC2CN1C(=O)C1=NNC(=O)CC1.